The summed E-state index contributed by atoms with van der Waals surface area (Å²) in [6, 6.07) is 25.6. The number of piperidine rings is 4. The normalized spacial score (nSPS) is 23.8. The van der Waals surface area contributed by atoms with Crippen LogP contribution in [0.1, 0.15) is 111 Å². The van der Waals surface area contributed by atoms with Crippen LogP contribution in [-0.4, -0.2) is 67.0 Å². The number of carbonyl (C=O) groups excluding carboxylic acids is 2. The lowest BCUT2D eigenvalue weighted by Gasteiger charge is -2.48. The highest BCUT2D eigenvalue weighted by atomic mass is 19.1. The highest BCUT2D eigenvalue weighted by Gasteiger charge is 2.43. The fourth-order valence-corrected chi connectivity index (χ4v) is 10.9. The Labute approximate surface area is 397 Å². The number of imidazole rings is 2. The Hall–Kier alpha value is -6.82. The highest BCUT2D eigenvalue weighted by Crippen LogP contribution is 2.45. The van der Waals surface area contributed by atoms with Crippen molar-refractivity contribution in [3.05, 3.63) is 166 Å². The third-order valence-corrected chi connectivity index (χ3v) is 14.1. The van der Waals surface area contributed by atoms with Gasteiger partial charge >= 0.3 is 0 Å². The maximum atomic E-state index is 13.7. The van der Waals surface area contributed by atoms with Crippen LogP contribution < -0.4 is 9.47 Å². The molecule has 4 aromatic carbocycles. The topological polar surface area (TPSA) is 94.7 Å². The molecule has 4 aliphatic rings. The Kier molecular flexibility index (Phi) is 13.5. The van der Waals surface area contributed by atoms with Crippen molar-refractivity contribution in [2.45, 2.75) is 103 Å². The van der Waals surface area contributed by atoms with Gasteiger partial charge < -0.3 is 28.4 Å². The number of aromatic nitrogens is 4. The van der Waals surface area contributed by atoms with E-state index in [2.05, 4.69) is 33.6 Å². The summed E-state index contributed by atoms with van der Waals surface area (Å²) in [5, 5.41) is 0. The standard InChI is InChI=1S/2C28H30FN3O2/c2*1-18-12-24-10-7-22(28(33)32(24)26(13-18)21-5-8-23(29)9-6-21)14-20-4-11-25(27(15-20)34-3)31-16-19(2)30-17-31/h2*4-6,8-9,11,14-18,24,26H,7,10,12-13H2,1-3H3/b2*22-14+/t2*18-,24-,26+/m10/s1. The summed E-state index contributed by atoms with van der Waals surface area (Å²) in [5.41, 5.74) is 9.18. The van der Waals surface area contributed by atoms with Crippen LogP contribution in [0.3, 0.4) is 0 Å². The van der Waals surface area contributed by atoms with Crippen LogP contribution in [0.2, 0.25) is 0 Å². The van der Waals surface area contributed by atoms with E-state index in [0.717, 1.165) is 119 Å². The monoisotopic (exact) mass is 918 g/mol. The molecule has 6 heterocycles. The van der Waals surface area contributed by atoms with Crippen molar-refractivity contribution < 1.29 is 27.8 Å². The quantitative estimate of drug-likeness (QED) is 0.141. The summed E-state index contributed by atoms with van der Waals surface area (Å²) in [5.74, 6) is 2.18. The summed E-state index contributed by atoms with van der Waals surface area (Å²) in [6.07, 6.45) is 18.7. The van der Waals surface area contributed by atoms with Crippen LogP contribution in [0.4, 0.5) is 8.78 Å². The minimum atomic E-state index is -0.252. The van der Waals surface area contributed by atoms with Gasteiger partial charge in [-0.25, -0.2) is 18.7 Å². The molecule has 6 atom stereocenters. The second-order valence-corrected chi connectivity index (χ2v) is 19.1. The molecule has 4 saturated heterocycles. The third kappa shape index (κ3) is 9.77. The number of amides is 2. The number of fused-ring (bicyclic) bond motifs is 2. The van der Waals surface area contributed by atoms with Gasteiger partial charge in [-0.3, -0.25) is 9.59 Å². The second kappa shape index (κ2) is 19.8. The van der Waals surface area contributed by atoms with Crippen molar-refractivity contribution in [1.82, 2.24) is 28.9 Å². The molecule has 12 heteroatoms. The lowest BCUT2D eigenvalue weighted by Crippen LogP contribution is -2.50. The molecule has 0 unspecified atom stereocenters. The van der Waals surface area contributed by atoms with Gasteiger partial charge in [0.25, 0.3) is 11.8 Å². The van der Waals surface area contributed by atoms with E-state index in [1.54, 1.807) is 26.9 Å². The van der Waals surface area contributed by atoms with Gasteiger partial charge in [-0.1, -0.05) is 50.2 Å². The molecule has 4 aliphatic heterocycles. The Morgan fingerprint density at radius 1 is 0.574 bits per heavy atom. The lowest BCUT2D eigenvalue weighted by atomic mass is 9.79. The smallest absolute Gasteiger partial charge is 0.250 e. The van der Waals surface area contributed by atoms with Gasteiger partial charge in [0.15, 0.2) is 0 Å². The number of nitrogens with zero attached hydrogens (tertiary/aromatic N) is 6. The molecule has 6 aromatic rings. The van der Waals surface area contributed by atoms with Crippen LogP contribution in [0.15, 0.2) is 121 Å². The molecule has 0 spiro atoms. The van der Waals surface area contributed by atoms with Gasteiger partial charge in [0, 0.05) is 35.6 Å². The van der Waals surface area contributed by atoms with Gasteiger partial charge in [0.05, 0.1) is 61.7 Å². The number of rotatable bonds is 8. The fraction of sp³-hybridized carbons (Fsp3) is 0.357. The molecule has 0 aliphatic carbocycles. The van der Waals surface area contributed by atoms with Crippen molar-refractivity contribution >= 4 is 24.0 Å². The molecule has 4 fully saturated rings. The van der Waals surface area contributed by atoms with Crippen LogP contribution in [0, 0.1) is 37.3 Å². The molecule has 0 N–H and O–H groups in total. The number of aryl methyl sites for hydroxylation is 2. The summed E-state index contributed by atoms with van der Waals surface area (Å²) in [7, 11) is 3.30. The van der Waals surface area contributed by atoms with E-state index in [1.807, 2.05) is 108 Å². The second-order valence-electron chi connectivity index (χ2n) is 19.1. The van der Waals surface area contributed by atoms with Gasteiger partial charge in [-0.15, -0.1) is 0 Å². The minimum absolute atomic E-state index is 0.0213. The van der Waals surface area contributed by atoms with Crippen molar-refractivity contribution in [3.63, 3.8) is 0 Å². The molecular formula is C56H60F2N6O4. The minimum Gasteiger partial charge on any atom is -0.495 e. The number of halogens is 2. The first-order valence-electron chi connectivity index (χ1n) is 23.8. The zero-order chi connectivity index (χ0) is 47.6. The third-order valence-electron chi connectivity index (χ3n) is 14.1. The summed E-state index contributed by atoms with van der Waals surface area (Å²) in [4.78, 5) is 40.1. The molecular weight excluding hydrogens is 859 g/mol. The first-order valence-corrected chi connectivity index (χ1v) is 23.8. The molecule has 0 saturated carbocycles. The predicted octanol–water partition coefficient (Wildman–Crippen LogP) is 11.7. The lowest BCUT2D eigenvalue weighted by molar-refractivity contribution is -0.138. The molecule has 2 amide bonds. The van der Waals surface area contributed by atoms with Gasteiger partial charge in [-0.2, -0.15) is 0 Å². The van der Waals surface area contributed by atoms with E-state index in [-0.39, 0.29) is 47.6 Å². The zero-order valence-corrected chi connectivity index (χ0v) is 39.7. The summed E-state index contributed by atoms with van der Waals surface area (Å²) < 4.78 is 42.2. The Bertz CT molecular complexity index is 2650. The largest absolute Gasteiger partial charge is 0.495 e. The van der Waals surface area contributed by atoms with Gasteiger partial charge in [0.1, 0.15) is 23.1 Å². The highest BCUT2D eigenvalue weighted by molar-refractivity contribution is 6.00. The van der Waals surface area contributed by atoms with Crippen LogP contribution >= 0.6 is 0 Å². The molecule has 2 aromatic heterocycles. The Morgan fingerprint density at radius 2 is 0.971 bits per heavy atom. The van der Waals surface area contributed by atoms with E-state index >= 15 is 0 Å². The molecule has 0 radical (unpaired) electrons. The Balaban J connectivity index is 0.000000170. The van der Waals surface area contributed by atoms with Crippen molar-refractivity contribution in [2.75, 3.05) is 14.2 Å². The van der Waals surface area contributed by atoms with Crippen molar-refractivity contribution in [1.29, 1.82) is 0 Å². The maximum absolute atomic E-state index is 13.7. The maximum Gasteiger partial charge on any atom is 0.250 e. The van der Waals surface area contributed by atoms with Crippen LogP contribution in [0.25, 0.3) is 23.5 Å². The first-order chi connectivity index (χ1) is 32.8. The van der Waals surface area contributed by atoms with Gasteiger partial charge in [-0.05, 0) is 160 Å². The molecule has 10 rings (SSSR count). The summed E-state index contributed by atoms with van der Waals surface area (Å²) >= 11 is 0. The van der Waals surface area contributed by atoms with E-state index in [0.29, 0.717) is 11.8 Å². The van der Waals surface area contributed by atoms with E-state index in [1.165, 1.54) is 24.3 Å². The zero-order valence-electron chi connectivity index (χ0n) is 39.7. The first kappa shape index (κ1) is 46.3. The number of benzene rings is 4. The van der Waals surface area contributed by atoms with Crippen LogP contribution in [0.5, 0.6) is 11.5 Å². The number of hydrogen-bond acceptors (Lipinski definition) is 6. The predicted molar refractivity (Wildman–Crippen MR) is 260 cm³/mol. The van der Waals surface area contributed by atoms with Gasteiger partial charge in [0.2, 0.25) is 0 Å². The Morgan fingerprint density at radius 3 is 1.32 bits per heavy atom. The SMILES string of the molecule is COc1cc(/C=C2\CC[C@@H]3C[C@@H](C)C[C@@H](c4ccc(F)cc4)N3C2=O)ccc1-n1cnc(C)c1.COc1cc(/C=C2\CC[C@H]3C[C@H](C)C[C@H](c4ccc(F)cc4)N3C2=O)ccc1-n1cnc(C)c1. The molecule has 352 valence electrons. The molecule has 10 nitrogen and oxygen atoms in total. The van der Waals surface area contributed by atoms with E-state index in [4.69, 9.17) is 9.47 Å². The average molecular weight is 919 g/mol. The van der Waals surface area contributed by atoms with E-state index in [9.17, 15) is 18.4 Å². The number of carbonyl (C=O) groups is 2. The average Bonchev–Trinajstić information content (AvgIpc) is 3.98. The van der Waals surface area contributed by atoms with Crippen molar-refractivity contribution in [2.24, 2.45) is 11.8 Å². The number of methoxy groups -OCH3 is 2. The number of hydrogen-bond donors (Lipinski definition) is 0. The van der Waals surface area contributed by atoms with Crippen LogP contribution in [-0.2, 0) is 9.59 Å². The number of ether oxygens (including phenoxy) is 2. The summed E-state index contributed by atoms with van der Waals surface area (Å²) in [6.45, 7) is 8.40. The molecule has 0 bridgehead atoms. The molecule has 68 heavy (non-hydrogen) atoms. The fourth-order valence-electron chi connectivity index (χ4n) is 10.9. The van der Waals surface area contributed by atoms with Crippen molar-refractivity contribution in [3.8, 4) is 22.9 Å². The van der Waals surface area contributed by atoms with E-state index < -0.39 is 0 Å².